The number of ether oxygens (including phenoxy) is 1. The van der Waals surface area contributed by atoms with Crippen LogP contribution < -0.4 is 4.74 Å². The predicted molar refractivity (Wildman–Crippen MR) is 67.0 cm³/mol. The van der Waals surface area contributed by atoms with Crippen LogP contribution in [0.4, 0.5) is 0 Å². The molecule has 3 nitrogen and oxygen atoms in total. The van der Waals surface area contributed by atoms with Crippen LogP contribution in [0.2, 0.25) is 0 Å². The lowest BCUT2D eigenvalue weighted by atomic mass is 10.1. The summed E-state index contributed by atoms with van der Waals surface area (Å²) >= 11 is 3.38. The smallest absolute Gasteiger partial charge is 0.149 e. The quantitative estimate of drug-likeness (QED) is 0.682. The zero-order chi connectivity index (χ0) is 11.1. The van der Waals surface area contributed by atoms with Crippen LogP contribution in [-0.2, 0) is 0 Å². The highest BCUT2D eigenvalue weighted by Gasteiger charge is 2.08. The molecule has 0 saturated heterocycles. The Labute approximate surface area is 101 Å². The number of fused-ring (bicyclic) bond motifs is 3. The van der Waals surface area contributed by atoms with Gasteiger partial charge in [-0.25, -0.2) is 4.98 Å². The number of pyridine rings is 1. The molecule has 2 aromatic heterocycles. The van der Waals surface area contributed by atoms with Gasteiger partial charge in [-0.3, -0.25) is 0 Å². The molecule has 0 atom stereocenters. The monoisotopic (exact) mass is 276 g/mol. The minimum Gasteiger partial charge on any atom is -0.496 e. The third-order valence-electron chi connectivity index (χ3n) is 2.62. The molecule has 0 bridgehead atoms. The summed E-state index contributed by atoms with van der Waals surface area (Å²) < 4.78 is 8.18. The molecule has 0 N–H and O–H groups in total. The average Bonchev–Trinajstić information content (AvgIpc) is 2.68. The third-order valence-corrected chi connectivity index (χ3v) is 3.00. The molecule has 0 unspecified atom stereocenters. The molecule has 0 aliphatic carbocycles. The van der Waals surface area contributed by atoms with E-state index in [9.17, 15) is 0 Å². The largest absolute Gasteiger partial charge is 0.496 e. The summed E-state index contributed by atoms with van der Waals surface area (Å²) in [5.41, 5.74) is 0.904. The van der Waals surface area contributed by atoms with Gasteiger partial charge in [-0.15, -0.1) is 0 Å². The van der Waals surface area contributed by atoms with E-state index in [-0.39, 0.29) is 0 Å². The van der Waals surface area contributed by atoms with Crippen LogP contribution in [-0.4, -0.2) is 16.5 Å². The van der Waals surface area contributed by atoms with Crippen molar-refractivity contribution in [3.8, 4) is 5.75 Å². The van der Waals surface area contributed by atoms with E-state index < -0.39 is 0 Å². The van der Waals surface area contributed by atoms with E-state index in [4.69, 9.17) is 4.74 Å². The maximum atomic E-state index is 5.38. The lowest BCUT2D eigenvalue weighted by Crippen LogP contribution is -1.89. The minimum absolute atomic E-state index is 0.825. The lowest BCUT2D eigenvalue weighted by molar-refractivity contribution is 0.420. The van der Waals surface area contributed by atoms with Crippen molar-refractivity contribution in [2.45, 2.75) is 0 Å². The molecule has 16 heavy (non-hydrogen) atoms. The number of benzene rings is 1. The second kappa shape index (κ2) is 3.49. The van der Waals surface area contributed by atoms with Crippen LogP contribution in [0.1, 0.15) is 0 Å². The highest BCUT2D eigenvalue weighted by atomic mass is 79.9. The van der Waals surface area contributed by atoms with E-state index in [0.29, 0.717) is 0 Å². The molecule has 0 amide bonds. The highest BCUT2D eigenvalue weighted by molar-refractivity contribution is 9.10. The van der Waals surface area contributed by atoms with Gasteiger partial charge in [0.2, 0.25) is 0 Å². The van der Waals surface area contributed by atoms with Crippen LogP contribution in [0.25, 0.3) is 16.4 Å². The Morgan fingerprint density at radius 2 is 2.19 bits per heavy atom. The number of hydrogen-bond acceptors (Lipinski definition) is 2. The van der Waals surface area contributed by atoms with E-state index in [1.54, 1.807) is 7.11 Å². The second-order valence-electron chi connectivity index (χ2n) is 3.53. The number of imidazole rings is 1. The predicted octanol–water partition coefficient (Wildman–Crippen LogP) is 3.26. The minimum atomic E-state index is 0.825. The van der Waals surface area contributed by atoms with Gasteiger partial charge in [0.05, 0.1) is 12.5 Å². The molecule has 0 radical (unpaired) electrons. The molecule has 3 rings (SSSR count). The van der Waals surface area contributed by atoms with Crippen LogP contribution in [0.5, 0.6) is 5.75 Å². The van der Waals surface area contributed by atoms with Crippen LogP contribution >= 0.6 is 15.9 Å². The number of methoxy groups -OCH3 is 1. The Morgan fingerprint density at radius 3 is 3.00 bits per heavy atom. The van der Waals surface area contributed by atoms with Crippen LogP contribution in [0.15, 0.2) is 41.3 Å². The number of halogens is 1. The van der Waals surface area contributed by atoms with Gasteiger partial charge in [-0.1, -0.05) is 12.1 Å². The van der Waals surface area contributed by atoms with E-state index in [1.165, 1.54) is 0 Å². The van der Waals surface area contributed by atoms with Gasteiger partial charge in [-0.2, -0.15) is 0 Å². The van der Waals surface area contributed by atoms with E-state index in [0.717, 1.165) is 26.8 Å². The van der Waals surface area contributed by atoms with Crippen molar-refractivity contribution in [2.24, 2.45) is 0 Å². The summed E-state index contributed by atoms with van der Waals surface area (Å²) in [5, 5.41) is 2.17. The van der Waals surface area contributed by atoms with E-state index in [2.05, 4.69) is 33.0 Å². The van der Waals surface area contributed by atoms with Crippen molar-refractivity contribution in [1.29, 1.82) is 0 Å². The van der Waals surface area contributed by atoms with Crippen molar-refractivity contribution in [3.05, 3.63) is 41.3 Å². The lowest BCUT2D eigenvalue weighted by Gasteiger charge is -2.05. The van der Waals surface area contributed by atoms with E-state index in [1.807, 2.05) is 28.9 Å². The van der Waals surface area contributed by atoms with E-state index >= 15 is 0 Å². The molecule has 2 heterocycles. The summed E-state index contributed by atoms with van der Waals surface area (Å²) in [6.45, 7) is 0. The first kappa shape index (κ1) is 9.66. The summed E-state index contributed by atoms with van der Waals surface area (Å²) in [5.74, 6) is 0.848. The summed E-state index contributed by atoms with van der Waals surface area (Å²) in [7, 11) is 1.68. The molecule has 0 fully saturated rings. The van der Waals surface area contributed by atoms with Crippen molar-refractivity contribution in [1.82, 2.24) is 9.38 Å². The first-order valence-corrected chi connectivity index (χ1v) is 5.69. The van der Waals surface area contributed by atoms with Gasteiger partial charge in [0.1, 0.15) is 16.0 Å². The summed E-state index contributed by atoms with van der Waals surface area (Å²) in [6, 6.07) is 8.04. The zero-order valence-corrected chi connectivity index (χ0v) is 10.2. The Kier molecular flexibility index (Phi) is 2.11. The summed E-state index contributed by atoms with van der Waals surface area (Å²) in [4.78, 5) is 4.45. The SMILES string of the molecule is COc1cccc2ccn3cc(Br)nc3c12. The van der Waals surface area contributed by atoms with Gasteiger partial charge in [-0.05, 0) is 33.4 Å². The molecule has 1 aromatic carbocycles. The standard InChI is InChI=1S/C12H9BrN2O/c1-16-9-4-2-3-8-5-6-15-7-10(13)14-12(15)11(8)9/h2-7H,1H3. The highest BCUT2D eigenvalue weighted by Crippen LogP contribution is 2.29. The molecule has 0 aliphatic rings. The fourth-order valence-corrected chi connectivity index (χ4v) is 2.31. The third kappa shape index (κ3) is 1.30. The second-order valence-corrected chi connectivity index (χ2v) is 4.35. The van der Waals surface area contributed by atoms with Crippen molar-refractivity contribution in [3.63, 3.8) is 0 Å². The van der Waals surface area contributed by atoms with Gasteiger partial charge < -0.3 is 9.14 Å². The maximum absolute atomic E-state index is 5.38. The Bertz CT molecular complexity index is 675. The maximum Gasteiger partial charge on any atom is 0.149 e. The molecular formula is C12H9BrN2O. The Balaban J connectivity index is 2.56. The first-order chi connectivity index (χ1) is 7.79. The fourth-order valence-electron chi connectivity index (χ4n) is 1.92. The molecule has 80 valence electrons. The van der Waals surface area contributed by atoms with Crippen molar-refractivity contribution < 1.29 is 4.74 Å². The van der Waals surface area contributed by atoms with Gasteiger partial charge in [0.15, 0.2) is 0 Å². The molecule has 0 spiro atoms. The normalized spacial score (nSPS) is 11.1. The Hall–Kier alpha value is -1.55. The average molecular weight is 277 g/mol. The van der Waals surface area contributed by atoms with Gasteiger partial charge >= 0.3 is 0 Å². The fraction of sp³-hybridized carbons (Fsp3) is 0.0833. The molecule has 0 saturated carbocycles. The van der Waals surface area contributed by atoms with Crippen molar-refractivity contribution >= 4 is 32.3 Å². The number of nitrogens with zero attached hydrogens (tertiary/aromatic N) is 2. The number of rotatable bonds is 1. The summed E-state index contributed by atoms with van der Waals surface area (Å²) in [6.07, 6.45) is 3.93. The zero-order valence-electron chi connectivity index (χ0n) is 8.64. The topological polar surface area (TPSA) is 26.5 Å². The Morgan fingerprint density at radius 1 is 1.31 bits per heavy atom. The number of aromatic nitrogens is 2. The molecule has 0 aliphatic heterocycles. The first-order valence-electron chi connectivity index (χ1n) is 4.89. The van der Waals surface area contributed by atoms with Crippen molar-refractivity contribution in [2.75, 3.05) is 7.11 Å². The molecule has 4 heteroatoms. The van der Waals surface area contributed by atoms with Gasteiger partial charge in [0.25, 0.3) is 0 Å². The number of hydrogen-bond donors (Lipinski definition) is 0. The van der Waals surface area contributed by atoms with Crippen LogP contribution in [0, 0.1) is 0 Å². The molecular weight excluding hydrogens is 268 g/mol. The van der Waals surface area contributed by atoms with Gasteiger partial charge in [0, 0.05) is 12.4 Å². The molecule has 3 aromatic rings. The van der Waals surface area contributed by atoms with Crippen LogP contribution in [0.3, 0.4) is 0 Å².